The van der Waals surface area contributed by atoms with Gasteiger partial charge in [-0.15, -0.1) is 0 Å². The number of aliphatic carboxylic acids is 1. The number of nitrogens with two attached hydrogens (primary N) is 2. The van der Waals surface area contributed by atoms with Crippen LogP contribution in [0.3, 0.4) is 0 Å². The molecule has 4 amide bonds. The maximum absolute atomic E-state index is 12.5. The number of rotatable bonds is 13. The van der Waals surface area contributed by atoms with Crippen molar-refractivity contribution >= 4 is 29.6 Å². The Morgan fingerprint density at radius 3 is 2.30 bits per heavy atom. The number of nitrogens with one attached hydrogen (secondary N) is 4. The molecule has 0 spiro atoms. The molecule has 9 N–H and O–H groups in total. The largest absolute Gasteiger partial charge is 0.480 e. The second-order valence-electron chi connectivity index (χ2n) is 7.29. The zero-order valence-electron chi connectivity index (χ0n) is 17.1. The molecule has 4 atom stereocenters. The number of amides is 4. The Morgan fingerprint density at radius 1 is 1.07 bits per heavy atom. The summed E-state index contributed by atoms with van der Waals surface area (Å²) in [5.41, 5.74) is 10.6. The van der Waals surface area contributed by atoms with E-state index in [1.54, 1.807) is 0 Å². The summed E-state index contributed by atoms with van der Waals surface area (Å²) in [6.45, 7) is 2.46. The van der Waals surface area contributed by atoms with Gasteiger partial charge in [0, 0.05) is 0 Å². The van der Waals surface area contributed by atoms with Gasteiger partial charge in [0.2, 0.25) is 23.6 Å². The molecule has 1 aliphatic rings. The maximum Gasteiger partial charge on any atom is 0.326 e. The highest BCUT2D eigenvalue weighted by molar-refractivity contribution is 5.96. The van der Waals surface area contributed by atoms with Crippen LogP contribution in [0.4, 0.5) is 0 Å². The van der Waals surface area contributed by atoms with Crippen molar-refractivity contribution in [2.75, 3.05) is 13.1 Å². The lowest BCUT2D eigenvalue weighted by Crippen LogP contribution is -2.56. The molecule has 1 heterocycles. The molecule has 12 nitrogen and oxygen atoms in total. The molecule has 1 rings (SSSR count). The first-order chi connectivity index (χ1) is 14.1. The maximum atomic E-state index is 12.5. The number of carbonyl (C=O) groups is 5. The van der Waals surface area contributed by atoms with Crippen molar-refractivity contribution in [3.05, 3.63) is 0 Å². The number of carboxylic acid groups (broad SMARTS) is 1. The topological polar surface area (TPSA) is 206 Å². The number of hydrogen-bond donors (Lipinski definition) is 7. The van der Waals surface area contributed by atoms with Gasteiger partial charge in [0.25, 0.3) is 0 Å². The zero-order chi connectivity index (χ0) is 22.7. The lowest BCUT2D eigenvalue weighted by molar-refractivity contribution is -0.142. The fraction of sp³-hybridized carbons (Fsp3) is 0.722. The van der Waals surface area contributed by atoms with Crippen LogP contribution in [0.15, 0.2) is 0 Å². The summed E-state index contributed by atoms with van der Waals surface area (Å²) in [4.78, 5) is 59.7. The molecule has 1 aliphatic heterocycles. The van der Waals surface area contributed by atoms with Gasteiger partial charge in [0.05, 0.1) is 12.5 Å². The monoisotopic (exact) mass is 428 g/mol. The van der Waals surface area contributed by atoms with E-state index in [9.17, 15) is 29.1 Å². The summed E-state index contributed by atoms with van der Waals surface area (Å²) in [7, 11) is 0. The van der Waals surface area contributed by atoms with Crippen LogP contribution in [0.5, 0.6) is 0 Å². The molecule has 30 heavy (non-hydrogen) atoms. The highest BCUT2D eigenvalue weighted by atomic mass is 16.4. The number of primary amides is 1. The first-order valence-electron chi connectivity index (χ1n) is 10.0. The van der Waals surface area contributed by atoms with Gasteiger partial charge in [0.15, 0.2) is 0 Å². The van der Waals surface area contributed by atoms with Crippen LogP contribution in [0.2, 0.25) is 0 Å². The summed E-state index contributed by atoms with van der Waals surface area (Å²) >= 11 is 0. The van der Waals surface area contributed by atoms with Gasteiger partial charge < -0.3 is 37.8 Å². The Hall–Kier alpha value is -2.73. The van der Waals surface area contributed by atoms with Crippen molar-refractivity contribution in [3.63, 3.8) is 0 Å². The third-order valence-corrected chi connectivity index (χ3v) is 4.73. The molecule has 1 fully saturated rings. The average Bonchev–Trinajstić information content (AvgIpc) is 3.20. The van der Waals surface area contributed by atoms with E-state index in [4.69, 9.17) is 11.5 Å². The smallest absolute Gasteiger partial charge is 0.326 e. The molecule has 4 unspecified atom stereocenters. The molecule has 170 valence electrons. The molecule has 12 heteroatoms. The minimum Gasteiger partial charge on any atom is -0.480 e. The molecule has 0 aliphatic carbocycles. The predicted molar refractivity (Wildman–Crippen MR) is 107 cm³/mol. The van der Waals surface area contributed by atoms with Crippen molar-refractivity contribution in [3.8, 4) is 0 Å². The Balaban J connectivity index is 2.66. The SMILES string of the molecule is CC(NC(=O)C(CC(N)=O)NC(=O)C1CCCN1)C(=O)NC(CCCCN)C(=O)O. The van der Waals surface area contributed by atoms with E-state index in [2.05, 4.69) is 21.3 Å². The molecule has 0 saturated carbocycles. The summed E-state index contributed by atoms with van der Waals surface area (Å²) in [6.07, 6.45) is 2.34. The van der Waals surface area contributed by atoms with Crippen LogP contribution >= 0.6 is 0 Å². The summed E-state index contributed by atoms with van der Waals surface area (Å²) in [6, 6.07) is -3.91. The number of carboxylic acids is 1. The molecule has 0 radical (unpaired) electrons. The Kier molecular flexibility index (Phi) is 10.8. The van der Waals surface area contributed by atoms with Crippen molar-refractivity contribution in [1.29, 1.82) is 0 Å². The summed E-state index contributed by atoms with van der Waals surface area (Å²) < 4.78 is 0. The van der Waals surface area contributed by atoms with Crippen molar-refractivity contribution in [2.24, 2.45) is 11.5 Å². The van der Waals surface area contributed by atoms with Gasteiger partial charge in [0.1, 0.15) is 18.1 Å². The number of carbonyl (C=O) groups excluding carboxylic acids is 4. The van der Waals surface area contributed by atoms with Crippen LogP contribution in [0.25, 0.3) is 0 Å². The van der Waals surface area contributed by atoms with Gasteiger partial charge in [-0.2, -0.15) is 0 Å². The first-order valence-corrected chi connectivity index (χ1v) is 10.0. The van der Waals surface area contributed by atoms with E-state index in [1.807, 2.05) is 0 Å². The Morgan fingerprint density at radius 2 is 1.77 bits per heavy atom. The molecule has 0 aromatic carbocycles. The third kappa shape index (κ3) is 8.74. The van der Waals surface area contributed by atoms with Crippen LogP contribution < -0.4 is 32.7 Å². The second kappa shape index (κ2) is 12.8. The average molecular weight is 428 g/mol. The zero-order valence-corrected chi connectivity index (χ0v) is 17.1. The molecule has 1 saturated heterocycles. The van der Waals surface area contributed by atoms with E-state index < -0.39 is 60.2 Å². The molecule has 0 bridgehead atoms. The standard InChI is InChI=1S/C18H32N6O6/c1-10(15(26)23-12(18(29)30)5-2-3-7-19)22-17(28)13(9-14(20)25)24-16(27)11-6-4-8-21-11/h10-13,21H,2-9,19H2,1H3,(H2,20,25)(H,22,28)(H,23,26)(H,24,27)(H,29,30). The van der Waals surface area contributed by atoms with Crippen molar-refractivity contribution in [1.82, 2.24) is 21.3 Å². The van der Waals surface area contributed by atoms with Crippen LogP contribution in [0.1, 0.15) is 45.4 Å². The molecule has 0 aromatic heterocycles. The Labute approximate surface area is 174 Å². The minimum atomic E-state index is -1.24. The second-order valence-corrected chi connectivity index (χ2v) is 7.29. The Bertz CT molecular complexity index is 637. The highest BCUT2D eigenvalue weighted by Gasteiger charge is 2.30. The van der Waals surface area contributed by atoms with Gasteiger partial charge in [-0.05, 0) is 52.1 Å². The van der Waals surface area contributed by atoms with Crippen molar-refractivity contribution < 1.29 is 29.1 Å². The number of hydrogen-bond acceptors (Lipinski definition) is 7. The summed E-state index contributed by atoms with van der Waals surface area (Å²) in [5, 5.41) is 19.4. The van der Waals surface area contributed by atoms with Gasteiger partial charge in [-0.1, -0.05) is 0 Å². The number of unbranched alkanes of at least 4 members (excludes halogenated alkanes) is 1. The quantitative estimate of drug-likeness (QED) is 0.153. The molecular formula is C18H32N6O6. The molecular weight excluding hydrogens is 396 g/mol. The lowest BCUT2D eigenvalue weighted by Gasteiger charge is -2.23. The highest BCUT2D eigenvalue weighted by Crippen LogP contribution is 2.06. The van der Waals surface area contributed by atoms with Crippen LogP contribution in [-0.4, -0.2) is 72.0 Å². The van der Waals surface area contributed by atoms with Gasteiger partial charge in [-0.3, -0.25) is 19.2 Å². The van der Waals surface area contributed by atoms with E-state index in [0.29, 0.717) is 32.4 Å². The third-order valence-electron chi connectivity index (χ3n) is 4.73. The predicted octanol–water partition coefficient (Wildman–Crippen LogP) is -2.70. The summed E-state index contributed by atoms with van der Waals surface area (Å²) in [5.74, 6) is -3.89. The van der Waals surface area contributed by atoms with E-state index in [1.165, 1.54) is 6.92 Å². The van der Waals surface area contributed by atoms with Crippen LogP contribution in [-0.2, 0) is 24.0 Å². The van der Waals surface area contributed by atoms with Gasteiger partial charge >= 0.3 is 5.97 Å². The minimum absolute atomic E-state index is 0.202. The fourth-order valence-corrected chi connectivity index (χ4v) is 3.02. The normalized spacial score (nSPS) is 18.7. The lowest BCUT2D eigenvalue weighted by atomic mass is 10.1. The van der Waals surface area contributed by atoms with E-state index in [-0.39, 0.29) is 6.42 Å². The van der Waals surface area contributed by atoms with E-state index >= 15 is 0 Å². The van der Waals surface area contributed by atoms with Gasteiger partial charge in [-0.25, -0.2) is 4.79 Å². The van der Waals surface area contributed by atoms with Crippen LogP contribution in [0, 0.1) is 0 Å². The molecule has 0 aromatic rings. The van der Waals surface area contributed by atoms with E-state index in [0.717, 1.165) is 6.42 Å². The first kappa shape index (κ1) is 25.3. The fourth-order valence-electron chi connectivity index (χ4n) is 3.02. The van der Waals surface area contributed by atoms with Crippen molar-refractivity contribution in [2.45, 2.75) is 69.6 Å².